The molecule has 0 radical (unpaired) electrons. The number of hydrogen-bond donors (Lipinski definition) is 0. The standard InChI is InChI=1S/C25H28N2O3S/c1-18-6-12-24-21(16-18)17-23(19(2)26-24)25(28)13-9-20-7-10-22(11-8-20)31(29,30)27-14-4-3-5-15-27/h6-8,10-12,16-17H,3-5,9,13-15H2,1-2H3. The molecular formula is C25H28N2O3S. The number of piperidine rings is 1. The highest BCUT2D eigenvalue weighted by molar-refractivity contribution is 7.89. The highest BCUT2D eigenvalue weighted by Crippen LogP contribution is 2.22. The average molecular weight is 437 g/mol. The Morgan fingerprint density at radius 3 is 2.39 bits per heavy atom. The maximum atomic E-state index is 12.9. The number of carbonyl (C=O) groups excluding carboxylic acids is 1. The fourth-order valence-electron chi connectivity index (χ4n) is 4.15. The zero-order valence-corrected chi connectivity index (χ0v) is 18.9. The monoisotopic (exact) mass is 436 g/mol. The number of ketones is 1. The largest absolute Gasteiger partial charge is 0.294 e. The molecule has 3 aromatic rings. The summed E-state index contributed by atoms with van der Waals surface area (Å²) in [4.78, 5) is 17.8. The number of Topliss-reactive ketones (excluding diaryl/α,β-unsaturated/α-hetero) is 1. The van der Waals surface area contributed by atoms with E-state index in [4.69, 9.17) is 0 Å². The summed E-state index contributed by atoms with van der Waals surface area (Å²) in [6.07, 6.45) is 3.85. The third-order valence-corrected chi connectivity index (χ3v) is 7.89. The van der Waals surface area contributed by atoms with Gasteiger partial charge in [-0.15, -0.1) is 0 Å². The molecular weight excluding hydrogens is 408 g/mol. The van der Waals surface area contributed by atoms with Gasteiger partial charge in [-0.2, -0.15) is 4.31 Å². The van der Waals surface area contributed by atoms with Crippen molar-refractivity contribution in [2.45, 2.75) is 50.8 Å². The van der Waals surface area contributed by atoms with Crippen LogP contribution in [0.1, 0.15) is 52.9 Å². The SMILES string of the molecule is Cc1ccc2nc(C)c(C(=O)CCc3ccc(S(=O)(=O)N4CCCCC4)cc3)cc2c1. The van der Waals surface area contributed by atoms with Crippen LogP contribution in [0.25, 0.3) is 10.9 Å². The first-order valence-corrected chi connectivity index (χ1v) is 12.3. The molecule has 162 valence electrons. The van der Waals surface area contributed by atoms with Gasteiger partial charge in [-0.1, -0.05) is 30.2 Å². The summed E-state index contributed by atoms with van der Waals surface area (Å²) in [5.41, 5.74) is 4.38. The van der Waals surface area contributed by atoms with Gasteiger partial charge in [0.25, 0.3) is 0 Å². The number of nitrogens with zero attached hydrogens (tertiary/aromatic N) is 2. The minimum Gasteiger partial charge on any atom is -0.294 e. The Kier molecular flexibility index (Phi) is 6.21. The summed E-state index contributed by atoms with van der Waals surface area (Å²) in [7, 11) is -3.42. The number of fused-ring (bicyclic) bond motifs is 1. The third-order valence-electron chi connectivity index (χ3n) is 5.98. The molecule has 2 aromatic carbocycles. The highest BCUT2D eigenvalue weighted by atomic mass is 32.2. The van der Waals surface area contributed by atoms with Crippen LogP contribution in [0.3, 0.4) is 0 Å². The van der Waals surface area contributed by atoms with E-state index in [1.54, 1.807) is 16.4 Å². The van der Waals surface area contributed by atoms with Crippen LogP contribution in [0.2, 0.25) is 0 Å². The Morgan fingerprint density at radius 1 is 0.968 bits per heavy atom. The molecule has 0 unspecified atom stereocenters. The molecule has 0 saturated carbocycles. The highest BCUT2D eigenvalue weighted by Gasteiger charge is 2.25. The van der Waals surface area contributed by atoms with Crippen molar-refractivity contribution < 1.29 is 13.2 Å². The molecule has 2 heterocycles. The number of pyridine rings is 1. The minimum absolute atomic E-state index is 0.0541. The van der Waals surface area contributed by atoms with Crippen molar-refractivity contribution in [1.29, 1.82) is 0 Å². The molecule has 0 atom stereocenters. The predicted molar refractivity (Wildman–Crippen MR) is 123 cm³/mol. The smallest absolute Gasteiger partial charge is 0.243 e. The lowest BCUT2D eigenvalue weighted by molar-refractivity contribution is 0.0982. The summed E-state index contributed by atoms with van der Waals surface area (Å²) in [6.45, 7) is 5.08. The van der Waals surface area contributed by atoms with Crippen molar-refractivity contribution in [2.75, 3.05) is 13.1 Å². The van der Waals surface area contributed by atoms with Crippen molar-refractivity contribution in [3.63, 3.8) is 0 Å². The van der Waals surface area contributed by atoms with Crippen molar-refractivity contribution >= 4 is 26.7 Å². The van der Waals surface area contributed by atoms with Gasteiger partial charge in [-0.05, 0) is 69.0 Å². The first-order chi connectivity index (χ1) is 14.8. The quantitative estimate of drug-likeness (QED) is 0.519. The lowest BCUT2D eigenvalue weighted by atomic mass is 10.00. The van der Waals surface area contributed by atoms with Gasteiger partial charge in [-0.3, -0.25) is 9.78 Å². The molecule has 0 amide bonds. The Bertz CT molecular complexity index is 1210. The number of sulfonamides is 1. The zero-order valence-electron chi connectivity index (χ0n) is 18.1. The Hall–Kier alpha value is -2.57. The van der Waals surface area contributed by atoms with Crippen LogP contribution in [0.5, 0.6) is 0 Å². The van der Waals surface area contributed by atoms with Crippen LogP contribution in [0, 0.1) is 13.8 Å². The van der Waals surface area contributed by atoms with Crippen molar-refractivity contribution in [3.8, 4) is 0 Å². The number of rotatable bonds is 6. The van der Waals surface area contributed by atoms with E-state index in [1.807, 2.05) is 50.2 Å². The van der Waals surface area contributed by atoms with Crippen molar-refractivity contribution in [2.24, 2.45) is 0 Å². The Labute approximate surface area is 184 Å². The number of aryl methyl sites for hydroxylation is 3. The van der Waals surface area contributed by atoms with Crippen LogP contribution in [-0.4, -0.2) is 36.6 Å². The summed E-state index contributed by atoms with van der Waals surface area (Å²) >= 11 is 0. The molecule has 31 heavy (non-hydrogen) atoms. The first-order valence-electron chi connectivity index (χ1n) is 10.8. The minimum atomic E-state index is -3.42. The third kappa shape index (κ3) is 4.70. The van der Waals surface area contributed by atoms with E-state index in [0.29, 0.717) is 36.4 Å². The van der Waals surface area contributed by atoms with Gasteiger partial charge in [-0.25, -0.2) is 8.42 Å². The van der Waals surface area contributed by atoms with Gasteiger partial charge in [0.15, 0.2) is 5.78 Å². The normalized spacial score (nSPS) is 15.3. The fraction of sp³-hybridized carbons (Fsp3) is 0.360. The molecule has 1 fully saturated rings. The van der Waals surface area contributed by atoms with Gasteiger partial charge in [0.2, 0.25) is 10.0 Å². The van der Waals surface area contributed by atoms with E-state index in [9.17, 15) is 13.2 Å². The topological polar surface area (TPSA) is 67.3 Å². The van der Waals surface area contributed by atoms with Crippen LogP contribution >= 0.6 is 0 Å². The molecule has 0 N–H and O–H groups in total. The number of aromatic nitrogens is 1. The maximum Gasteiger partial charge on any atom is 0.243 e. The second kappa shape index (κ2) is 8.89. The summed E-state index contributed by atoms with van der Waals surface area (Å²) in [6, 6.07) is 14.9. The summed E-state index contributed by atoms with van der Waals surface area (Å²) < 4.78 is 27.1. The van der Waals surface area contributed by atoms with Gasteiger partial charge in [0, 0.05) is 36.2 Å². The van der Waals surface area contributed by atoms with Gasteiger partial charge >= 0.3 is 0 Å². The van der Waals surface area contributed by atoms with E-state index in [2.05, 4.69) is 4.98 Å². The molecule has 0 spiro atoms. The second-order valence-corrected chi connectivity index (χ2v) is 10.3. The number of carbonyl (C=O) groups is 1. The second-order valence-electron chi connectivity index (χ2n) is 8.35. The average Bonchev–Trinajstić information content (AvgIpc) is 2.78. The van der Waals surface area contributed by atoms with Crippen molar-refractivity contribution in [3.05, 3.63) is 70.9 Å². The van der Waals surface area contributed by atoms with E-state index in [1.165, 1.54) is 0 Å². The molecule has 1 aromatic heterocycles. The van der Waals surface area contributed by atoms with Crippen LogP contribution in [0.4, 0.5) is 0 Å². The predicted octanol–water partition coefficient (Wildman–Crippen LogP) is 4.84. The Balaban J connectivity index is 1.45. The molecule has 0 aliphatic carbocycles. The van der Waals surface area contributed by atoms with Crippen LogP contribution in [-0.2, 0) is 16.4 Å². The Morgan fingerprint density at radius 2 is 1.68 bits per heavy atom. The van der Waals surface area contributed by atoms with Crippen molar-refractivity contribution in [1.82, 2.24) is 9.29 Å². The first kappa shape index (κ1) is 21.7. The van der Waals surface area contributed by atoms with E-state index in [0.717, 1.165) is 47.0 Å². The molecule has 4 rings (SSSR count). The van der Waals surface area contributed by atoms with E-state index >= 15 is 0 Å². The molecule has 1 saturated heterocycles. The lowest BCUT2D eigenvalue weighted by Crippen LogP contribution is -2.35. The molecule has 1 aliphatic heterocycles. The van der Waals surface area contributed by atoms with E-state index < -0.39 is 10.0 Å². The molecule has 0 bridgehead atoms. The summed E-state index contributed by atoms with van der Waals surface area (Å²) in [5.74, 6) is 0.0541. The van der Waals surface area contributed by atoms with E-state index in [-0.39, 0.29) is 5.78 Å². The number of hydrogen-bond acceptors (Lipinski definition) is 4. The van der Waals surface area contributed by atoms with Crippen LogP contribution < -0.4 is 0 Å². The lowest BCUT2D eigenvalue weighted by Gasteiger charge is -2.25. The summed E-state index contributed by atoms with van der Waals surface area (Å²) in [5, 5.41) is 0.973. The number of benzene rings is 2. The zero-order chi connectivity index (χ0) is 22.0. The fourth-order valence-corrected chi connectivity index (χ4v) is 5.67. The molecule has 6 heteroatoms. The molecule has 1 aliphatic rings. The van der Waals surface area contributed by atoms with Gasteiger partial charge < -0.3 is 0 Å². The van der Waals surface area contributed by atoms with Gasteiger partial charge in [0.05, 0.1) is 10.4 Å². The maximum absolute atomic E-state index is 12.9. The van der Waals surface area contributed by atoms with Crippen LogP contribution in [0.15, 0.2) is 53.4 Å². The van der Waals surface area contributed by atoms with Gasteiger partial charge in [0.1, 0.15) is 0 Å². The molecule has 5 nitrogen and oxygen atoms in total.